The number of ether oxygens (including phenoxy) is 1. The lowest BCUT2D eigenvalue weighted by Gasteiger charge is -2.39. The Balaban J connectivity index is 1.99. The van der Waals surface area contributed by atoms with Gasteiger partial charge in [0.25, 0.3) is 0 Å². The Bertz CT molecular complexity index is 407. The fraction of sp³-hybridized carbons (Fsp3) is 0.625. The number of morpholine rings is 1. The van der Waals surface area contributed by atoms with Crippen molar-refractivity contribution in [3.8, 4) is 0 Å². The van der Waals surface area contributed by atoms with Crippen LogP contribution in [-0.2, 0) is 4.74 Å². The van der Waals surface area contributed by atoms with Crippen molar-refractivity contribution in [2.75, 3.05) is 32.8 Å². The molecular formula is C16H25NO3. The van der Waals surface area contributed by atoms with Crippen molar-refractivity contribution in [2.24, 2.45) is 5.41 Å². The maximum absolute atomic E-state index is 10.6. The van der Waals surface area contributed by atoms with Crippen molar-refractivity contribution in [3.05, 3.63) is 35.9 Å². The Kier molecular flexibility index (Phi) is 5.16. The lowest BCUT2D eigenvalue weighted by atomic mass is 9.82. The van der Waals surface area contributed by atoms with Gasteiger partial charge in [0.05, 0.1) is 25.4 Å². The molecule has 0 spiro atoms. The van der Waals surface area contributed by atoms with Crippen molar-refractivity contribution in [1.29, 1.82) is 0 Å². The van der Waals surface area contributed by atoms with Gasteiger partial charge < -0.3 is 14.9 Å². The van der Waals surface area contributed by atoms with Crippen LogP contribution < -0.4 is 0 Å². The Labute approximate surface area is 121 Å². The molecule has 0 amide bonds. The highest BCUT2D eigenvalue weighted by molar-refractivity contribution is 5.19. The van der Waals surface area contributed by atoms with E-state index in [9.17, 15) is 10.2 Å². The van der Waals surface area contributed by atoms with Gasteiger partial charge >= 0.3 is 0 Å². The van der Waals surface area contributed by atoms with Gasteiger partial charge in [0.1, 0.15) is 0 Å². The highest BCUT2D eigenvalue weighted by atomic mass is 16.5. The third-order valence-corrected chi connectivity index (χ3v) is 3.91. The summed E-state index contributed by atoms with van der Waals surface area (Å²) in [4.78, 5) is 2.26. The second-order valence-electron chi connectivity index (χ2n) is 6.21. The van der Waals surface area contributed by atoms with Crippen LogP contribution in [0.3, 0.4) is 0 Å². The molecule has 0 aliphatic carbocycles. The molecule has 2 N–H and O–H groups in total. The quantitative estimate of drug-likeness (QED) is 0.856. The molecule has 1 fully saturated rings. The average molecular weight is 279 g/mol. The maximum atomic E-state index is 10.6. The molecule has 1 saturated heterocycles. The van der Waals surface area contributed by atoms with Gasteiger partial charge in [0, 0.05) is 25.0 Å². The summed E-state index contributed by atoms with van der Waals surface area (Å²) in [6.07, 6.45) is -0.604. The zero-order chi connectivity index (χ0) is 14.6. The minimum atomic E-state index is -0.501. The van der Waals surface area contributed by atoms with Crippen LogP contribution in [-0.4, -0.2) is 54.1 Å². The van der Waals surface area contributed by atoms with Crippen molar-refractivity contribution in [1.82, 2.24) is 4.90 Å². The second kappa shape index (κ2) is 6.68. The van der Waals surface area contributed by atoms with E-state index in [4.69, 9.17) is 4.74 Å². The van der Waals surface area contributed by atoms with Crippen molar-refractivity contribution < 1.29 is 14.9 Å². The summed E-state index contributed by atoms with van der Waals surface area (Å²) in [6, 6.07) is 9.78. The molecule has 0 bridgehead atoms. The molecule has 0 radical (unpaired) electrons. The van der Waals surface area contributed by atoms with Crippen LogP contribution in [0.5, 0.6) is 0 Å². The molecule has 1 heterocycles. The molecule has 2 rings (SSSR count). The van der Waals surface area contributed by atoms with Gasteiger partial charge in [-0.15, -0.1) is 0 Å². The van der Waals surface area contributed by atoms with Crippen LogP contribution in [0.4, 0.5) is 0 Å². The highest BCUT2D eigenvalue weighted by Gasteiger charge is 2.33. The Morgan fingerprint density at radius 1 is 1.35 bits per heavy atom. The first kappa shape index (κ1) is 15.4. The van der Waals surface area contributed by atoms with Gasteiger partial charge in [-0.3, -0.25) is 4.90 Å². The number of nitrogens with zero attached hydrogens (tertiary/aromatic N) is 1. The normalized spacial score (nSPS) is 22.7. The van der Waals surface area contributed by atoms with Gasteiger partial charge in [-0.2, -0.15) is 0 Å². The molecular weight excluding hydrogens is 254 g/mol. The van der Waals surface area contributed by atoms with Gasteiger partial charge in [-0.25, -0.2) is 0 Å². The fourth-order valence-corrected chi connectivity index (χ4v) is 2.78. The van der Waals surface area contributed by atoms with E-state index in [0.29, 0.717) is 6.61 Å². The summed E-state index contributed by atoms with van der Waals surface area (Å²) in [6.45, 7) is 7.20. The maximum Gasteiger partial charge on any atom is 0.0932 e. The van der Waals surface area contributed by atoms with E-state index in [1.54, 1.807) is 0 Å². The Morgan fingerprint density at radius 2 is 2.05 bits per heavy atom. The summed E-state index contributed by atoms with van der Waals surface area (Å²) >= 11 is 0. The summed E-state index contributed by atoms with van der Waals surface area (Å²) in [7, 11) is 0. The van der Waals surface area contributed by atoms with Gasteiger partial charge in [0.2, 0.25) is 0 Å². The molecule has 1 aromatic carbocycles. The SMILES string of the molecule is CC(C)(CN1CCOC(CO)C1)C(O)c1ccccc1. The average Bonchev–Trinajstić information content (AvgIpc) is 2.47. The zero-order valence-electron chi connectivity index (χ0n) is 12.3. The molecule has 2 atom stereocenters. The monoisotopic (exact) mass is 279 g/mol. The standard InChI is InChI=1S/C16H25NO3/c1-16(2,15(19)13-6-4-3-5-7-13)12-17-8-9-20-14(10-17)11-18/h3-7,14-15,18-19H,8-12H2,1-2H3. The number of hydrogen-bond donors (Lipinski definition) is 2. The molecule has 2 unspecified atom stereocenters. The largest absolute Gasteiger partial charge is 0.394 e. The van der Waals surface area contributed by atoms with Gasteiger partial charge in [-0.05, 0) is 5.56 Å². The van der Waals surface area contributed by atoms with E-state index in [2.05, 4.69) is 18.7 Å². The number of hydrogen-bond acceptors (Lipinski definition) is 4. The smallest absolute Gasteiger partial charge is 0.0932 e. The molecule has 20 heavy (non-hydrogen) atoms. The van der Waals surface area contributed by atoms with Crippen LogP contribution in [0.15, 0.2) is 30.3 Å². The van der Waals surface area contributed by atoms with E-state index in [1.807, 2.05) is 30.3 Å². The first-order valence-electron chi connectivity index (χ1n) is 7.21. The predicted octanol–water partition coefficient (Wildman–Crippen LogP) is 1.44. The molecule has 1 aliphatic rings. The molecule has 1 aliphatic heterocycles. The number of benzene rings is 1. The molecule has 4 nitrogen and oxygen atoms in total. The zero-order valence-corrected chi connectivity index (χ0v) is 12.3. The minimum absolute atomic E-state index is 0.0537. The molecule has 112 valence electrons. The van der Waals surface area contributed by atoms with Crippen molar-refractivity contribution in [2.45, 2.75) is 26.1 Å². The van der Waals surface area contributed by atoms with Gasteiger partial charge in [0.15, 0.2) is 0 Å². The lowest BCUT2D eigenvalue weighted by Crippen LogP contribution is -2.48. The first-order valence-corrected chi connectivity index (χ1v) is 7.21. The van der Waals surface area contributed by atoms with E-state index in [-0.39, 0.29) is 18.1 Å². The summed E-state index contributed by atoms with van der Waals surface area (Å²) in [5.41, 5.74) is 0.697. The summed E-state index contributed by atoms with van der Waals surface area (Å²) in [5.74, 6) is 0. The summed E-state index contributed by atoms with van der Waals surface area (Å²) < 4.78 is 5.46. The highest BCUT2D eigenvalue weighted by Crippen LogP contribution is 2.34. The third-order valence-electron chi connectivity index (χ3n) is 3.91. The second-order valence-corrected chi connectivity index (χ2v) is 6.21. The Morgan fingerprint density at radius 3 is 2.70 bits per heavy atom. The van der Waals surface area contributed by atoms with Crippen LogP contribution in [0.2, 0.25) is 0 Å². The third kappa shape index (κ3) is 3.79. The molecule has 4 heteroatoms. The van der Waals surface area contributed by atoms with Crippen molar-refractivity contribution in [3.63, 3.8) is 0 Å². The van der Waals surface area contributed by atoms with Crippen LogP contribution in [0.25, 0.3) is 0 Å². The Hall–Kier alpha value is -0.940. The minimum Gasteiger partial charge on any atom is -0.394 e. The van der Waals surface area contributed by atoms with Crippen molar-refractivity contribution >= 4 is 0 Å². The topological polar surface area (TPSA) is 52.9 Å². The van der Waals surface area contributed by atoms with E-state index < -0.39 is 6.10 Å². The lowest BCUT2D eigenvalue weighted by molar-refractivity contribution is -0.0720. The van der Waals surface area contributed by atoms with E-state index in [0.717, 1.165) is 25.2 Å². The van der Waals surface area contributed by atoms with Gasteiger partial charge in [-0.1, -0.05) is 44.2 Å². The van der Waals surface area contributed by atoms with Crippen LogP contribution in [0, 0.1) is 5.41 Å². The van der Waals surface area contributed by atoms with Crippen LogP contribution in [0.1, 0.15) is 25.5 Å². The van der Waals surface area contributed by atoms with E-state index >= 15 is 0 Å². The number of rotatable bonds is 5. The number of aliphatic hydroxyl groups excluding tert-OH is 2. The fourth-order valence-electron chi connectivity index (χ4n) is 2.78. The first-order chi connectivity index (χ1) is 9.53. The molecule has 0 aromatic heterocycles. The summed E-state index contributed by atoms with van der Waals surface area (Å²) in [5, 5.41) is 19.8. The number of aliphatic hydroxyl groups is 2. The molecule has 1 aromatic rings. The predicted molar refractivity (Wildman–Crippen MR) is 78.4 cm³/mol. The van der Waals surface area contributed by atoms with E-state index in [1.165, 1.54) is 0 Å². The molecule has 0 saturated carbocycles. The van der Waals surface area contributed by atoms with Crippen LogP contribution >= 0.6 is 0 Å².